The van der Waals surface area contributed by atoms with Crippen LogP contribution in [0.2, 0.25) is 0 Å². The van der Waals surface area contributed by atoms with Gasteiger partial charge in [-0.2, -0.15) is 5.10 Å². The van der Waals surface area contributed by atoms with Crippen molar-refractivity contribution in [3.63, 3.8) is 0 Å². The summed E-state index contributed by atoms with van der Waals surface area (Å²) in [6.07, 6.45) is 3.39. The number of para-hydroxylation sites is 1. The maximum Gasteiger partial charge on any atom is 0.295 e. The standard InChI is InChI=1S/C21H22N6O2/c1-15-18(16(2)27(24-15)17-7-4-3-5-8-17)19(28)20(29)25-11-13-26(14-12-25)21-22-9-6-10-23-21/h3-10H,11-14H2,1-2H3. The smallest absolute Gasteiger partial charge is 0.295 e. The summed E-state index contributed by atoms with van der Waals surface area (Å²) in [5, 5.41) is 4.48. The van der Waals surface area contributed by atoms with Gasteiger partial charge in [-0.1, -0.05) is 18.2 Å². The van der Waals surface area contributed by atoms with Gasteiger partial charge in [0.05, 0.1) is 22.6 Å². The van der Waals surface area contributed by atoms with E-state index >= 15 is 0 Å². The van der Waals surface area contributed by atoms with Crippen LogP contribution in [-0.4, -0.2) is 62.5 Å². The van der Waals surface area contributed by atoms with Gasteiger partial charge >= 0.3 is 0 Å². The Morgan fingerprint density at radius 1 is 0.897 bits per heavy atom. The summed E-state index contributed by atoms with van der Waals surface area (Å²) in [6.45, 7) is 5.66. The van der Waals surface area contributed by atoms with Crippen LogP contribution in [0.4, 0.5) is 5.95 Å². The number of Topliss-reactive ketones (excluding diaryl/α,β-unsaturated/α-hetero) is 1. The van der Waals surface area contributed by atoms with Gasteiger partial charge < -0.3 is 9.80 Å². The average Bonchev–Trinajstić information content (AvgIpc) is 3.08. The fraction of sp³-hybridized carbons (Fsp3) is 0.286. The number of aromatic nitrogens is 4. The number of nitrogens with zero attached hydrogens (tertiary/aromatic N) is 6. The lowest BCUT2D eigenvalue weighted by Gasteiger charge is -2.34. The molecule has 3 aromatic rings. The summed E-state index contributed by atoms with van der Waals surface area (Å²) >= 11 is 0. The van der Waals surface area contributed by atoms with Crippen molar-refractivity contribution >= 4 is 17.6 Å². The van der Waals surface area contributed by atoms with Crippen LogP contribution in [0.15, 0.2) is 48.8 Å². The van der Waals surface area contributed by atoms with E-state index in [1.807, 2.05) is 42.2 Å². The summed E-state index contributed by atoms with van der Waals surface area (Å²) in [5.41, 5.74) is 2.47. The first-order chi connectivity index (χ1) is 14.1. The van der Waals surface area contributed by atoms with Crippen molar-refractivity contribution in [2.75, 3.05) is 31.1 Å². The maximum atomic E-state index is 13.0. The van der Waals surface area contributed by atoms with E-state index in [1.165, 1.54) is 0 Å². The zero-order valence-corrected chi connectivity index (χ0v) is 16.4. The fourth-order valence-corrected chi connectivity index (χ4v) is 3.61. The molecule has 1 aromatic carbocycles. The highest BCUT2D eigenvalue weighted by Crippen LogP contribution is 2.20. The van der Waals surface area contributed by atoms with E-state index in [0.717, 1.165) is 5.69 Å². The van der Waals surface area contributed by atoms with Crippen molar-refractivity contribution in [3.05, 3.63) is 65.7 Å². The van der Waals surface area contributed by atoms with Gasteiger partial charge in [-0.25, -0.2) is 14.6 Å². The normalized spacial score (nSPS) is 14.1. The minimum atomic E-state index is -0.508. The number of ketones is 1. The summed E-state index contributed by atoms with van der Waals surface area (Å²) in [4.78, 5) is 38.0. The van der Waals surface area contributed by atoms with Crippen molar-refractivity contribution in [3.8, 4) is 5.69 Å². The molecule has 1 saturated heterocycles. The predicted molar refractivity (Wildman–Crippen MR) is 108 cm³/mol. The molecule has 0 aliphatic carbocycles. The SMILES string of the molecule is Cc1nn(-c2ccccc2)c(C)c1C(=O)C(=O)N1CCN(c2ncccn2)CC1. The summed E-state index contributed by atoms with van der Waals surface area (Å²) in [6, 6.07) is 11.3. The summed E-state index contributed by atoms with van der Waals surface area (Å²) < 4.78 is 1.71. The number of hydrogen-bond donors (Lipinski definition) is 0. The molecule has 0 atom stereocenters. The minimum absolute atomic E-state index is 0.382. The van der Waals surface area contributed by atoms with Crippen molar-refractivity contribution in [2.24, 2.45) is 0 Å². The molecular formula is C21H22N6O2. The van der Waals surface area contributed by atoms with E-state index < -0.39 is 11.7 Å². The van der Waals surface area contributed by atoms with Crippen LogP contribution >= 0.6 is 0 Å². The molecule has 0 saturated carbocycles. The van der Waals surface area contributed by atoms with Crippen LogP contribution in [0.3, 0.4) is 0 Å². The predicted octanol–water partition coefficient (Wildman–Crippen LogP) is 1.81. The van der Waals surface area contributed by atoms with Gasteiger partial charge in [0.15, 0.2) is 0 Å². The molecule has 0 spiro atoms. The monoisotopic (exact) mass is 390 g/mol. The second-order valence-electron chi connectivity index (χ2n) is 6.95. The largest absolute Gasteiger partial charge is 0.337 e. The molecule has 3 heterocycles. The van der Waals surface area contributed by atoms with Gasteiger partial charge in [0.25, 0.3) is 11.7 Å². The molecule has 148 valence electrons. The van der Waals surface area contributed by atoms with Gasteiger partial charge in [-0.3, -0.25) is 9.59 Å². The Morgan fingerprint density at radius 3 is 2.21 bits per heavy atom. The molecule has 1 amide bonds. The Kier molecular flexibility index (Phi) is 5.07. The number of piperazine rings is 1. The molecule has 0 radical (unpaired) electrons. The number of aryl methyl sites for hydroxylation is 1. The first-order valence-electron chi connectivity index (χ1n) is 9.53. The third-order valence-electron chi connectivity index (χ3n) is 5.12. The number of rotatable bonds is 4. The number of benzene rings is 1. The lowest BCUT2D eigenvalue weighted by Crippen LogP contribution is -2.51. The molecular weight excluding hydrogens is 368 g/mol. The van der Waals surface area contributed by atoms with Crippen LogP contribution in [0.1, 0.15) is 21.7 Å². The second-order valence-corrected chi connectivity index (χ2v) is 6.95. The van der Waals surface area contributed by atoms with Crippen molar-refractivity contribution in [1.29, 1.82) is 0 Å². The van der Waals surface area contributed by atoms with Crippen LogP contribution in [0, 0.1) is 13.8 Å². The zero-order valence-electron chi connectivity index (χ0n) is 16.4. The van der Waals surface area contributed by atoms with Crippen LogP contribution < -0.4 is 4.90 Å². The first-order valence-corrected chi connectivity index (χ1v) is 9.53. The molecule has 29 heavy (non-hydrogen) atoms. The number of anilines is 1. The Balaban J connectivity index is 1.49. The van der Waals surface area contributed by atoms with E-state index in [9.17, 15) is 9.59 Å². The van der Waals surface area contributed by atoms with Gasteiger partial charge in [0, 0.05) is 38.6 Å². The lowest BCUT2D eigenvalue weighted by molar-refractivity contribution is -0.126. The zero-order chi connectivity index (χ0) is 20.4. The number of carbonyl (C=O) groups is 2. The Labute approximate surface area is 168 Å². The van der Waals surface area contributed by atoms with Gasteiger partial charge in [-0.15, -0.1) is 0 Å². The molecule has 0 N–H and O–H groups in total. The van der Waals surface area contributed by atoms with E-state index in [2.05, 4.69) is 15.1 Å². The molecule has 1 aliphatic rings. The van der Waals surface area contributed by atoms with Crippen LogP contribution in [0.5, 0.6) is 0 Å². The number of amides is 1. The molecule has 1 fully saturated rings. The fourth-order valence-electron chi connectivity index (χ4n) is 3.61. The van der Waals surface area contributed by atoms with Crippen molar-refractivity contribution in [2.45, 2.75) is 13.8 Å². The van der Waals surface area contributed by atoms with Crippen molar-refractivity contribution < 1.29 is 9.59 Å². The summed E-state index contributed by atoms with van der Waals surface area (Å²) in [5.74, 6) is -0.356. The molecule has 1 aliphatic heterocycles. The molecule has 8 heteroatoms. The Bertz CT molecular complexity index is 1020. The molecule has 8 nitrogen and oxygen atoms in total. The maximum absolute atomic E-state index is 13.0. The van der Waals surface area contributed by atoms with E-state index in [1.54, 1.807) is 35.0 Å². The van der Waals surface area contributed by atoms with Gasteiger partial charge in [0.2, 0.25) is 5.95 Å². The third kappa shape index (κ3) is 3.61. The third-order valence-corrected chi connectivity index (χ3v) is 5.12. The molecule has 0 bridgehead atoms. The number of hydrogen-bond acceptors (Lipinski definition) is 6. The van der Waals surface area contributed by atoms with Crippen molar-refractivity contribution in [1.82, 2.24) is 24.6 Å². The highest BCUT2D eigenvalue weighted by Gasteiger charge is 2.31. The Hall–Kier alpha value is -3.55. The quantitative estimate of drug-likeness (QED) is 0.499. The summed E-state index contributed by atoms with van der Waals surface area (Å²) in [7, 11) is 0. The minimum Gasteiger partial charge on any atom is -0.337 e. The second kappa shape index (κ2) is 7.83. The van der Waals surface area contributed by atoms with Crippen LogP contribution in [-0.2, 0) is 4.79 Å². The van der Waals surface area contributed by atoms with Crippen LogP contribution in [0.25, 0.3) is 5.69 Å². The molecule has 2 aromatic heterocycles. The highest BCUT2D eigenvalue weighted by molar-refractivity contribution is 6.43. The number of carbonyl (C=O) groups excluding carboxylic acids is 2. The highest BCUT2D eigenvalue weighted by atomic mass is 16.2. The van der Waals surface area contributed by atoms with Gasteiger partial charge in [-0.05, 0) is 32.0 Å². The van der Waals surface area contributed by atoms with Gasteiger partial charge in [0.1, 0.15) is 0 Å². The van der Waals surface area contributed by atoms with E-state index in [0.29, 0.717) is 49.1 Å². The Morgan fingerprint density at radius 2 is 1.55 bits per heavy atom. The van der Waals surface area contributed by atoms with E-state index in [4.69, 9.17) is 0 Å². The average molecular weight is 390 g/mol. The lowest BCUT2D eigenvalue weighted by atomic mass is 10.1. The van der Waals surface area contributed by atoms with E-state index in [-0.39, 0.29) is 0 Å². The molecule has 4 rings (SSSR count). The topological polar surface area (TPSA) is 84.2 Å². The first kappa shape index (κ1) is 18.8. The molecule has 0 unspecified atom stereocenters.